The van der Waals surface area contributed by atoms with Crippen LogP contribution in [0.2, 0.25) is 0 Å². The molecule has 0 spiro atoms. The van der Waals surface area contributed by atoms with E-state index < -0.39 is 0 Å². The van der Waals surface area contributed by atoms with Gasteiger partial charge in [-0.15, -0.1) is 10.2 Å². The molecule has 0 bridgehead atoms. The molecule has 4 aromatic rings. The van der Waals surface area contributed by atoms with Crippen molar-refractivity contribution in [1.29, 1.82) is 0 Å². The summed E-state index contributed by atoms with van der Waals surface area (Å²) >= 11 is 0. The van der Waals surface area contributed by atoms with E-state index in [4.69, 9.17) is 4.74 Å². The van der Waals surface area contributed by atoms with Crippen molar-refractivity contribution < 1.29 is 14.3 Å². The Balaban J connectivity index is 1.15. The lowest BCUT2D eigenvalue weighted by Gasteiger charge is -2.10. The van der Waals surface area contributed by atoms with Crippen molar-refractivity contribution in [2.45, 2.75) is 32.2 Å². The van der Waals surface area contributed by atoms with Crippen molar-refractivity contribution in [3.8, 4) is 17.1 Å². The van der Waals surface area contributed by atoms with Crippen molar-refractivity contribution in [3.05, 3.63) is 95.8 Å². The van der Waals surface area contributed by atoms with Crippen LogP contribution in [0.1, 0.15) is 41.0 Å². The highest BCUT2D eigenvalue weighted by Gasteiger charge is 2.16. The van der Waals surface area contributed by atoms with Crippen LogP contribution in [0.3, 0.4) is 0 Å². The van der Waals surface area contributed by atoms with Crippen LogP contribution in [0.15, 0.2) is 78.9 Å². The normalized spacial score (nSPS) is 12.9. The van der Waals surface area contributed by atoms with Gasteiger partial charge in [0.2, 0.25) is 0 Å². The highest BCUT2D eigenvalue weighted by atomic mass is 16.5. The molecule has 35 heavy (non-hydrogen) atoms. The second-order valence-corrected chi connectivity index (χ2v) is 8.54. The Morgan fingerprint density at radius 1 is 0.829 bits per heavy atom. The van der Waals surface area contributed by atoms with Crippen LogP contribution >= 0.6 is 0 Å². The first-order chi connectivity index (χ1) is 17.2. The van der Waals surface area contributed by atoms with E-state index in [1.807, 2.05) is 42.5 Å². The van der Waals surface area contributed by atoms with Crippen LogP contribution in [0, 0.1) is 0 Å². The lowest BCUT2D eigenvalue weighted by atomic mass is 10.0. The van der Waals surface area contributed by atoms with E-state index in [0.29, 0.717) is 22.6 Å². The fourth-order valence-electron chi connectivity index (χ4n) is 4.21. The predicted octanol–water partition coefficient (Wildman–Crippen LogP) is 4.92. The molecule has 0 radical (unpaired) electrons. The zero-order chi connectivity index (χ0) is 24.0. The summed E-state index contributed by atoms with van der Waals surface area (Å²) in [6.45, 7) is 0.806. The van der Waals surface area contributed by atoms with Crippen molar-refractivity contribution >= 4 is 17.4 Å². The summed E-state index contributed by atoms with van der Waals surface area (Å²) in [5.74, 6) is 2.12. The number of rotatable bonds is 7. The number of aryl methyl sites for hydroxylation is 1. The molecule has 7 nitrogen and oxygen atoms in total. The zero-order valence-electron chi connectivity index (χ0n) is 19.3. The first-order valence-electron chi connectivity index (χ1n) is 11.8. The van der Waals surface area contributed by atoms with E-state index >= 15 is 0 Å². The van der Waals surface area contributed by atoms with Gasteiger partial charge in [0.05, 0.1) is 0 Å². The van der Waals surface area contributed by atoms with Crippen LogP contribution < -0.4 is 10.1 Å². The third-order valence-corrected chi connectivity index (χ3v) is 6.06. The van der Waals surface area contributed by atoms with Gasteiger partial charge in [0.15, 0.2) is 18.2 Å². The molecule has 5 rings (SSSR count). The van der Waals surface area contributed by atoms with E-state index in [0.717, 1.165) is 43.0 Å². The van der Waals surface area contributed by atoms with E-state index in [1.54, 1.807) is 36.4 Å². The molecule has 0 atom stereocenters. The third-order valence-electron chi connectivity index (χ3n) is 6.06. The van der Waals surface area contributed by atoms with Gasteiger partial charge in [-0.05, 0) is 61.4 Å². The third kappa shape index (κ3) is 5.30. The molecule has 176 valence electrons. The molecule has 0 saturated carbocycles. The monoisotopic (exact) mass is 466 g/mol. The van der Waals surface area contributed by atoms with Crippen LogP contribution in [0.25, 0.3) is 11.4 Å². The van der Waals surface area contributed by atoms with E-state index in [9.17, 15) is 9.59 Å². The number of carbonyl (C=O) groups excluding carboxylic acids is 2. The molecule has 7 heteroatoms. The molecule has 1 aliphatic rings. The molecular weight excluding hydrogens is 440 g/mol. The van der Waals surface area contributed by atoms with Gasteiger partial charge in [-0.3, -0.25) is 9.59 Å². The van der Waals surface area contributed by atoms with Gasteiger partial charge in [-0.2, -0.15) is 0 Å². The number of hydrogen-bond acceptors (Lipinski definition) is 5. The Bertz CT molecular complexity index is 1310. The average Bonchev–Trinajstić information content (AvgIpc) is 3.16. The van der Waals surface area contributed by atoms with Gasteiger partial charge in [-0.1, -0.05) is 36.8 Å². The molecule has 1 N–H and O–H groups in total. The number of anilines is 1. The zero-order valence-corrected chi connectivity index (χ0v) is 19.3. The number of ether oxygens (including phenoxy) is 1. The summed E-state index contributed by atoms with van der Waals surface area (Å²) in [5, 5.41) is 11.6. The SMILES string of the molecule is O=C(COc1ccc(C(=O)c2ccccc2)cc1)Nc1ccc(-c2nnc3n2CCCCC3)cc1. The molecule has 0 unspecified atom stereocenters. The Morgan fingerprint density at radius 3 is 2.34 bits per heavy atom. The Morgan fingerprint density at radius 2 is 1.57 bits per heavy atom. The standard InChI is InChI=1S/C28H26N4O3/c33-26(19-35-24-16-12-21(13-17-24)27(34)20-7-3-1-4-8-20)29-23-14-10-22(11-15-23)28-31-30-25-9-5-2-6-18-32(25)28/h1,3-4,7-8,10-17H,2,5-6,9,18-19H2,(H,29,33). The number of nitrogens with one attached hydrogen (secondary N) is 1. The van der Waals surface area contributed by atoms with Crippen molar-refractivity contribution in [2.75, 3.05) is 11.9 Å². The number of hydrogen-bond donors (Lipinski definition) is 1. The maximum Gasteiger partial charge on any atom is 0.262 e. The number of fused-ring (bicyclic) bond motifs is 1. The van der Waals surface area contributed by atoms with Crippen molar-refractivity contribution in [2.24, 2.45) is 0 Å². The minimum absolute atomic E-state index is 0.0551. The second kappa shape index (κ2) is 10.3. The molecule has 1 aromatic heterocycles. The number of carbonyl (C=O) groups is 2. The summed E-state index contributed by atoms with van der Waals surface area (Å²) in [5.41, 5.74) is 2.86. The average molecular weight is 467 g/mol. The summed E-state index contributed by atoms with van der Waals surface area (Å²) in [6, 6.07) is 23.5. The fourth-order valence-corrected chi connectivity index (χ4v) is 4.21. The van der Waals surface area contributed by atoms with Crippen LogP contribution in [0.5, 0.6) is 5.75 Å². The first kappa shape index (κ1) is 22.5. The largest absolute Gasteiger partial charge is 0.484 e. The van der Waals surface area contributed by atoms with E-state index in [2.05, 4.69) is 20.1 Å². The topological polar surface area (TPSA) is 86.1 Å². The van der Waals surface area contributed by atoms with Crippen LogP contribution in [0.4, 0.5) is 5.69 Å². The smallest absolute Gasteiger partial charge is 0.262 e. The van der Waals surface area contributed by atoms with Gasteiger partial charge >= 0.3 is 0 Å². The molecule has 1 amide bonds. The van der Waals surface area contributed by atoms with Crippen LogP contribution in [-0.4, -0.2) is 33.1 Å². The Labute approximate surface area is 203 Å². The fraction of sp³-hybridized carbons (Fsp3) is 0.214. The van der Waals surface area contributed by atoms with E-state index in [1.165, 1.54) is 6.42 Å². The number of amides is 1. The number of ketones is 1. The number of benzene rings is 3. The minimum atomic E-state index is -0.265. The highest BCUT2D eigenvalue weighted by molar-refractivity contribution is 6.09. The minimum Gasteiger partial charge on any atom is -0.484 e. The maximum absolute atomic E-state index is 12.5. The molecule has 0 fully saturated rings. The number of nitrogens with zero attached hydrogens (tertiary/aromatic N) is 3. The van der Waals surface area contributed by atoms with Gasteiger partial charge in [0.25, 0.3) is 5.91 Å². The maximum atomic E-state index is 12.5. The number of aromatic nitrogens is 3. The van der Waals surface area contributed by atoms with Gasteiger partial charge in [0, 0.05) is 35.3 Å². The van der Waals surface area contributed by atoms with Gasteiger partial charge < -0.3 is 14.6 Å². The predicted molar refractivity (Wildman–Crippen MR) is 133 cm³/mol. The van der Waals surface area contributed by atoms with Gasteiger partial charge in [0.1, 0.15) is 11.6 Å². The van der Waals surface area contributed by atoms with Crippen molar-refractivity contribution in [3.63, 3.8) is 0 Å². The quantitative estimate of drug-likeness (QED) is 0.391. The highest BCUT2D eigenvalue weighted by Crippen LogP contribution is 2.24. The summed E-state index contributed by atoms with van der Waals surface area (Å²) in [4.78, 5) is 24.9. The molecule has 2 heterocycles. The lowest BCUT2D eigenvalue weighted by Crippen LogP contribution is -2.20. The molecule has 0 aliphatic carbocycles. The molecule has 0 saturated heterocycles. The molecule has 1 aliphatic heterocycles. The first-order valence-corrected chi connectivity index (χ1v) is 11.8. The van der Waals surface area contributed by atoms with Gasteiger partial charge in [-0.25, -0.2) is 0 Å². The molecular formula is C28H26N4O3. The van der Waals surface area contributed by atoms with Crippen LogP contribution in [-0.2, 0) is 17.8 Å². The molecule has 3 aromatic carbocycles. The summed E-state index contributed by atoms with van der Waals surface area (Å²) < 4.78 is 7.79. The summed E-state index contributed by atoms with van der Waals surface area (Å²) in [7, 11) is 0. The van der Waals surface area contributed by atoms with E-state index in [-0.39, 0.29) is 18.3 Å². The Kier molecular flexibility index (Phi) is 6.66. The summed E-state index contributed by atoms with van der Waals surface area (Å²) in [6.07, 6.45) is 4.47. The second-order valence-electron chi connectivity index (χ2n) is 8.54. The lowest BCUT2D eigenvalue weighted by molar-refractivity contribution is -0.118. The van der Waals surface area contributed by atoms with Crippen molar-refractivity contribution in [1.82, 2.24) is 14.8 Å². The Hall–Kier alpha value is -4.26.